The summed E-state index contributed by atoms with van der Waals surface area (Å²) in [7, 11) is 1.57. The van der Waals surface area contributed by atoms with E-state index in [1.165, 1.54) is 0 Å². The Balaban J connectivity index is 2.84. The van der Waals surface area contributed by atoms with E-state index < -0.39 is 6.67 Å². The molecule has 1 rings (SSSR count). The zero-order valence-electron chi connectivity index (χ0n) is 12.3. The molecule has 0 saturated carbocycles. The van der Waals surface area contributed by atoms with Gasteiger partial charge in [-0.05, 0) is 18.5 Å². The van der Waals surface area contributed by atoms with Gasteiger partial charge >= 0.3 is 0 Å². The predicted molar refractivity (Wildman–Crippen MR) is 80.6 cm³/mol. The van der Waals surface area contributed by atoms with E-state index in [0.29, 0.717) is 42.0 Å². The average Bonchev–Trinajstić information content (AvgIpc) is 2.40. The Kier molecular flexibility index (Phi) is 7.70. The fourth-order valence-electron chi connectivity index (χ4n) is 1.79. The summed E-state index contributed by atoms with van der Waals surface area (Å²) in [6.07, 6.45) is 0.366. The van der Waals surface area contributed by atoms with Gasteiger partial charge in [0.2, 0.25) is 0 Å². The summed E-state index contributed by atoms with van der Waals surface area (Å²) in [5.41, 5.74) is 0.925. The first-order chi connectivity index (χ1) is 9.58. The van der Waals surface area contributed by atoms with Gasteiger partial charge in [-0.2, -0.15) is 0 Å². The van der Waals surface area contributed by atoms with E-state index in [1.807, 2.05) is 6.07 Å². The van der Waals surface area contributed by atoms with Crippen molar-refractivity contribution in [1.82, 2.24) is 5.32 Å². The van der Waals surface area contributed by atoms with Crippen LogP contribution in [0.4, 0.5) is 4.39 Å². The highest BCUT2D eigenvalue weighted by Gasteiger charge is 2.13. The Bertz CT molecular complexity index is 413. The van der Waals surface area contributed by atoms with Gasteiger partial charge in [0.1, 0.15) is 0 Å². The molecule has 0 aliphatic rings. The molecule has 114 valence electrons. The number of hydrogen-bond acceptors (Lipinski definition) is 3. The van der Waals surface area contributed by atoms with Crippen molar-refractivity contribution in [2.24, 2.45) is 5.92 Å². The van der Waals surface area contributed by atoms with Crippen LogP contribution in [-0.2, 0) is 6.54 Å². The van der Waals surface area contributed by atoms with Crippen LogP contribution < -0.4 is 14.8 Å². The molecule has 0 amide bonds. The van der Waals surface area contributed by atoms with Crippen LogP contribution in [-0.4, -0.2) is 26.9 Å². The minimum Gasteiger partial charge on any atom is -0.493 e. The quantitative estimate of drug-likeness (QED) is 0.703. The summed E-state index contributed by atoms with van der Waals surface area (Å²) in [6, 6.07) is 3.56. The molecule has 1 aromatic rings. The van der Waals surface area contributed by atoms with E-state index >= 15 is 0 Å². The third kappa shape index (κ3) is 5.55. The van der Waals surface area contributed by atoms with Crippen molar-refractivity contribution in [2.45, 2.75) is 26.8 Å². The summed E-state index contributed by atoms with van der Waals surface area (Å²) in [5, 5.41) is 3.94. The molecule has 0 fully saturated rings. The molecule has 0 heterocycles. The maximum Gasteiger partial charge on any atom is 0.165 e. The van der Waals surface area contributed by atoms with E-state index in [-0.39, 0.29) is 0 Å². The molecule has 0 saturated heterocycles. The molecule has 1 aromatic carbocycles. The highest BCUT2D eigenvalue weighted by Crippen LogP contribution is 2.34. The lowest BCUT2D eigenvalue weighted by Gasteiger charge is -2.16. The molecule has 0 unspecified atom stereocenters. The summed E-state index contributed by atoms with van der Waals surface area (Å²) in [5.74, 6) is 1.78. The lowest BCUT2D eigenvalue weighted by molar-refractivity contribution is 0.270. The number of hydrogen-bond donors (Lipinski definition) is 1. The zero-order chi connectivity index (χ0) is 15.0. The zero-order valence-corrected chi connectivity index (χ0v) is 13.1. The maximum atomic E-state index is 12.2. The van der Waals surface area contributed by atoms with Crippen molar-refractivity contribution in [1.29, 1.82) is 0 Å². The second-order valence-corrected chi connectivity index (χ2v) is 5.45. The third-order valence-corrected chi connectivity index (χ3v) is 2.93. The number of halogens is 2. The van der Waals surface area contributed by atoms with Gasteiger partial charge in [0.05, 0.1) is 20.4 Å². The Morgan fingerprint density at radius 2 is 2.10 bits per heavy atom. The van der Waals surface area contributed by atoms with Gasteiger partial charge in [0, 0.05) is 29.6 Å². The molecule has 0 aromatic heterocycles. The first-order valence-electron chi connectivity index (χ1n) is 6.84. The van der Waals surface area contributed by atoms with E-state index in [0.717, 1.165) is 12.1 Å². The van der Waals surface area contributed by atoms with E-state index in [4.69, 9.17) is 21.1 Å². The number of nitrogens with one attached hydrogen (secondary N) is 1. The van der Waals surface area contributed by atoms with Gasteiger partial charge in [-0.15, -0.1) is 0 Å². The molecule has 5 heteroatoms. The molecule has 3 nitrogen and oxygen atoms in total. The molecule has 0 aliphatic heterocycles. The number of benzene rings is 1. The summed E-state index contributed by atoms with van der Waals surface area (Å²) in [6.45, 7) is 5.76. The van der Waals surface area contributed by atoms with Gasteiger partial charge in [0.25, 0.3) is 0 Å². The molecule has 0 atom stereocenters. The maximum absolute atomic E-state index is 12.2. The monoisotopic (exact) mass is 303 g/mol. The van der Waals surface area contributed by atoms with Gasteiger partial charge < -0.3 is 14.8 Å². The fourth-order valence-corrected chi connectivity index (χ4v) is 2.02. The highest BCUT2D eigenvalue weighted by atomic mass is 35.5. The van der Waals surface area contributed by atoms with E-state index in [9.17, 15) is 4.39 Å². The van der Waals surface area contributed by atoms with Crippen molar-refractivity contribution in [3.05, 3.63) is 22.7 Å². The lowest BCUT2D eigenvalue weighted by Crippen LogP contribution is -2.19. The smallest absolute Gasteiger partial charge is 0.165 e. The number of alkyl halides is 1. The summed E-state index contributed by atoms with van der Waals surface area (Å²) in [4.78, 5) is 0. The number of ether oxygens (including phenoxy) is 2. The van der Waals surface area contributed by atoms with Crippen molar-refractivity contribution in [3.8, 4) is 11.5 Å². The Morgan fingerprint density at radius 3 is 2.70 bits per heavy atom. The van der Waals surface area contributed by atoms with E-state index in [1.54, 1.807) is 13.2 Å². The first-order valence-corrected chi connectivity index (χ1v) is 7.22. The van der Waals surface area contributed by atoms with Crippen LogP contribution >= 0.6 is 11.6 Å². The molecular weight excluding hydrogens is 281 g/mol. The van der Waals surface area contributed by atoms with Crippen molar-refractivity contribution < 1.29 is 13.9 Å². The van der Waals surface area contributed by atoms with Gasteiger partial charge in [-0.25, -0.2) is 0 Å². The SMILES string of the molecule is COc1cc(Cl)cc(CNCC(C)C)c1OCCCF. The lowest BCUT2D eigenvalue weighted by atomic mass is 10.1. The van der Waals surface area contributed by atoms with Crippen LogP contribution in [0.5, 0.6) is 11.5 Å². The van der Waals surface area contributed by atoms with Crippen LogP contribution in [0.3, 0.4) is 0 Å². The van der Waals surface area contributed by atoms with Crippen LogP contribution in [0.2, 0.25) is 5.02 Å². The summed E-state index contributed by atoms with van der Waals surface area (Å²) >= 11 is 6.08. The van der Waals surface area contributed by atoms with Crippen molar-refractivity contribution in [3.63, 3.8) is 0 Å². The highest BCUT2D eigenvalue weighted by molar-refractivity contribution is 6.30. The average molecular weight is 304 g/mol. The predicted octanol–water partition coefficient (Wildman–Crippen LogP) is 3.83. The second kappa shape index (κ2) is 9.03. The molecule has 0 radical (unpaired) electrons. The normalized spacial score (nSPS) is 10.9. The van der Waals surface area contributed by atoms with Crippen molar-refractivity contribution in [2.75, 3.05) is 26.9 Å². The molecular formula is C15H23ClFNO2. The first kappa shape index (κ1) is 17.1. The topological polar surface area (TPSA) is 30.5 Å². The van der Waals surface area contributed by atoms with Crippen LogP contribution in [0, 0.1) is 5.92 Å². The minimum absolute atomic E-state index is 0.325. The largest absolute Gasteiger partial charge is 0.493 e. The number of rotatable bonds is 9. The van der Waals surface area contributed by atoms with Crippen LogP contribution in [0.15, 0.2) is 12.1 Å². The van der Waals surface area contributed by atoms with Crippen LogP contribution in [0.25, 0.3) is 0 Å². The fraction of sp³-hybridized carbons (Fsp3) is 0.600. The van der Waals surface area contributed by atoms with Gasteiger partial charge in [-0.1, -0.05) is 25.4 Å². The second-order valence-electron chi connectivity index (χ2n) is 5.01. The Morgan fingerprint density at radius 1 is 1.35 bits per heavy atom. The molecule has 0 spiro atoms. The molecule has 0 bridgehead atoms. The van der Waals surface area contributed by atoms with E-state index in [2.05, 4.69) is 19.2 Å². The standard InChI is InChI=1S/C15H23ClFNO2/c1-11(2)9-18-10-12-7-13(16)8-14(19-3)15(12)20-6-4-5-17/h7-8,11,18H,4-6,9-10H2,1-3H3. The molecule has 20 heavy (non-hydrogen) atoms. The van der Waals surface area contributed by atoms with Crippen LogP contribution in [0.1, 0.15) is 25.8 Å². The van der Waals surface area contributed by atoms with Gasteiger partial charge in [0.15, 0.2) is 11.5 Å². The molecule has 1 N–H and O–H groups in total. The Hall–Kier alpha value is -1.00. The third-order valence-electron chi connectivity index (χ3n) is 2.71. The van der Waals surface area contributed by atoms with Gasteiger partial charge in [-0.3, -0.25) is 4.39 Å². The summed E-state index contributed by atoms with van der Waals surface area (Å²) < 4.78 is 23.1. The van der Waals surface area contributed by atoms with Crippen molar-refractivity contribution >= 4 is 11.6 Å². The Labute approximate surface area is 125 Å². The molecule has 0 aliphatic carbocycles. The number of methoxy groups -OCH3 is 1. The minimum atomic E-state index is -0.392.